The molecule has 0 saturated carbocycles. The molecule has 2 heterocycles. The first kappa shape index (κ1) is 23.9. The second-order valence-corrected chi connectivity index (χ2v) is 9.55. The molecule has 4 rings (SSSR count). The van der Waals surface area contributed by atoms with Crippen molar-refractivity contribution in [2.24, 2.45) is 4.99 Å². The summed E-state index contributed by atoms with van der Waals surface area (Å²) in [5, 5.41) is 12.3. The van der Waals surface area contributed by atoms with Crippen LogP contribution in [0.4, 0.5) is 10.1 Å². The Morgan fingerprint density at radius 2 is 1.94 bits per heavy atom. The van der Waals surface area contributed by atoms with Crippen LogP contribution in [0.5, 0.6) is 0 Å². The van der Waals surface area contributed by atoms with Gasteiger partial charge in [0.2, 0.25) is 0 Å². The van der Waals surface area contributed by atoms with Crippen LogP contribution in [0, 0.1) is 5.82 Å². The molecule has 1 aliphatic heterocycles. The van der Waals surface area contributed by atoms with E-state index in [0.717, 1.165) is 16.8 Å². The highest BCUT2D eigenvalue weighted by molar-refractivity contribution is 6.34. The minimum atomic E-state index is -0.317. The average molecular weight is 481 g/mol. The SMILES string of the molecule is CC(C)(C)n1cnc(-c2ccc(F)cc2)c1C1=NC=C(C(=O)Nc2ccc(CCO)cc2Cl)C1. The molecule has 6 nitrogen and oxygen atoms in total. The van der Waals surface area contributed by atoms with Crippen molar-refractivity contribution in [3.8, 4) is 11.3 Å². The van der Waals surface area contributed by atoms with Gasteiger partial charge in [-0.25, -0.2) is 9.37 Å². The average Bonchev–Trinajstić information content (AvgIpc) is 3.43. The Labute approximate surface area is 202 Å². The van der Waals surface area contributed by atoms with Crippen molar-refractivity contribution in [3.63, 3.8) is 0 Å². The highest BCUT2D eigenvalue weighted by Gasteiger charge is 2.28. The van der Waals surface area contributed by atoms with Gasteiger partial charge in [-0.2, -0.15) is 0 Å². The molecule has 1 aromatic heterocycles. The monoisotopic (exact) mass is 480 g/mol. The van der Waals surface area contributed by atoms with E-state index in [2.05, 4.69) is 36.1 Å². The second kappa shape index (κ2) is 9.52. The molecule has 0 atom stereocenters. The van der Waals surface area contributed by atoms with E-state index in [1.54, 1.807) is 36.8 Å². The fourth-order valence-corrected chi connectivity index (χ4v) is 4.06. The molecule has 8 heteroatoms. The Morgan fingerprint density at radius 1 is 1.21 bits per heavy atom. The Hall–Kier alpha value is -3.29. The zero-order chi connectivity index (χ0) is 24.5. The Morgan fingerprint density at radius 3 is 2.59 bits per heavy atom. The van der Waals surface area contributed by atoms with Crippen LogP contribution in [-0.4, -0.2) is 32.9 Å². The molecule has 0 spiro atoms. The van der Waals surface area contributed by atoms with Gasteiger partial charge in [0.25, 0.3) is 5.91 Å². The maximum Gasteiger partial charge on any atom is 0.253 e. The van der Waals surface area contributed by atoms with Crippen LogP contribution in [0.3, 0.4) is 0 Å². The number of amides is 1. The number of halogens is 2. The van der Waals surface area contributed by atoms with Crippen molar-refractivity contribution in [1.82, 2.24) is 9.55 Å². The zero-order valence-electron chi connectivity index (χ0n) is 19.3. The molecule has 0 bridgehead atoms. The minimum absolute atomic E-state index is 0.0279. The van der Waals surface area contributed by atoms with E-state index >= 15 is 0 Å². The van der Waals surface area contributed by atoms with Crippen LogP contribution in [0.2, 0.25) is 5.02 Å². The van der Waals surface area contributed by atoms with Crippen molar-refractivity contribution in [2.45, 2.75) is 39.2 Å². The van der Waals surface area contributed by atoms with E-state index in [0.29, 0.717) is 40.5 Å². The quantitative estimate of drug-likeness (QED) is 0.499. The number of benzene rings is 2. The van der Waals surface area contributed by atoms with Crippen LogP contribution < -0.4 is 5.32 Å². The lowest BCUT2D eigenvalue weighted by Gasteiger charge is -2.24. The molecule has 2 aromatic carbocycles. The molecular formula is C26H26ClFN4O2. The summed E-state index contributed by atoms with van der Waals surface area (Å²) in [6, 6.07) is 11.5. The van der Waals surface area contributed by atoms with Crippen LogP contribution in [0.1, 0.15) is 38.4 Å². The Bertz CT molecular complexity index is 1290. The third kappa shape index (κ3) is 4.95. The molecular weight excluding hydrogens is 455 g/mol. The number of imidazole rings is 1. The number of aliphatic hydroxyl groups is 1. The fourth-order valence-electron chi connectivity index (χ4n) is 3.81. The standard InChI is InChI=1S/C26H26ClFN4O2/c1-26(2,3)32-15-30-23(17-5-7-19(28)8-6-17)24(32)22-13-18(14-29-22)25(34)31-21-9-4-16(10-11-33)12-20(21)27/h4-9,12,14-15,33H,10-11,13H2,1-3H3,(H,31,34). The van der Waals surface area contributed by atoms with Crippen LogP contribution >= 0.6 is 11.6 Å². The smallest absolute Gasteiger partial charge is 0.253 e. The lowest BCUT2D eigenvalue weighted by atomic mass is 10.0. The number of nitrogens with one attached hydrogen (secondary N) is 1. The summed E-state index contributed by atoms with van der Waals surface area (Å²) < 4.78 is 15.5. The van der Waals surface area contributed by atoms with Gasteiger partial charge in [-0.3, -0.25) is 9.79 Å². The highest BCUT2D eigenvalue weighted by atomic mass is 35.5. The molecule has 2 N–H and O–H groups in total. The molecule has 0 fully saturated rings. The molecule has 0 aliphatic carbocycles. The van der Waals surface area contributed by atoms with E-state index in [9.17, 15) is 9.18 Å². The third-order valence-electron chi connectivity index (χ3n) is 5.59. The minimum Gasteiger partial charge on any atom is -0.396 e. The van der Waals surface area contributed by atoms with E-state index in [-0.39, 0.29) is 23.9 Å². The van der Waals surface area contributed by atoms with Gasteiger partial charge >= 0.3 is 0 Å². The molecule has 0 unspecified atom stereocenters. The maximum atomic E-state index is 13.5. The van der Waals surface area contributed by atoms with E-state index < -0.39 is 0 Å². The van der Waals surface area contributed by atoms with Crippen LogP contribution in [0.25, 0.3) is 11.3 Å². The van der Waals surface area contributed by atoms with Crippen molar-refractivity contribution in [1.29, 1.82) is 0 Å². The number of hydrogen-bond donors (Lipinski definition) is 2. The predicted octanol–water partition coefficient (Wildman–Crippen LogP) is 5.35. The maximum absolute atomic E-state index is 13.5. The second-order valence-electron chi connectivity index (χ2n) is 9.14. The molecule has 3 aromatic rings. The first-order valence-electron chi connectivity index (χ1n) is 11.0. The molecule has 176 valence electrons. The van der Waals surface area contributed by atoms with Gasteiger partial charge in [-0.15, -0.1) is 0 Å². The molecule has 0 saturated heterocycles. The summed E-state index contributed by atoms with van der Waals surface area (Å²) in [6.07, 6.45) is 4.13. The number of aromatic nitrogens is 2. The lowest BCUT2D eigenvalue weighted by Crippen LogP contribution is -2.25. The first-order valence-corrected chi connectivity index (χ1v) is 11.4. The van der Waals surface area contributed by atoms with Crippen LogP contribution in [0.15, 0.2) is 65.6 Å². The van der Waals surface area contributed by atoms with Gasteiger partial charge in [0.05, 0.1) is 34.1 Å². The molecule has 1 amide bonds. The summed E-state index contributed by atoms with van der Waals surface area (Å²) >= 11 is 6.31. The van der Waals surface area contributed by atoms with Crippen LogP contribution in [-0.2, 0) is 16.8 Å². The number of hydrogen-bond acceptors (Lipinski definition) is 4. The van der Waals surface area contributed by atoms with Gasteiger partial charge in [0, 0.05) is 35.9 Å². The van der Waals surface area contributed by atoms with Gasteiger partial charge < -0.3 is 15.0 Å². The van der Waals surface area contributed by atoms with Crippen molar-refractivity contribution in [2.75, 3.05) is 11.9 Å². The molecule has 1 aliphatic rings. The van der Waals surface area contributed by atoms with Crippen molar-refractivity contribution < 1.29 is 14.3 Å². The van der Waals surface area contributed by atoms with Gasteiger partial charge in [0.15, 0.2) is 0 Å². The summed E-state index contributed by atoms with van der Waals surface area (Å²) in [5.41, 5.74) is 4.57. The zero-order valence-corrected chi connectivity index (χ0v) is 20.0. The van der Waals surface area contributed by atoms with E-state index in [4.69, 9.17) is 16.7 Å². The number of carbonyl (C=O) groups is 1. The Kier molecular flexibility index (Phi) is 6.68. The topological polar surface area (TPSA) is 79.5 Å². The summed E-state index contributed by atoms with van der Waals surface area (Å²) in [5.74, 6) is -0.608. The summed E-state index contributed by atoms with van der Waals surface area (Å²) in [4.78, 5) is 22.1. The van der Waals surface area contributed by atoms with E-state index in [1.165, 1.54) is 12.1 Å². The Balaban J connectivity index is 1.57. The summed E-state index contributed by atoms with van der Waals surface area (Å²) in [7, 11) is 0. The normalized spacial score (nSPS) is 13.6. The fraction of sp³-hybridized carbons (Fsp3) is 0.269. The van der Waals surface area contributed by atoms with Gasteiger partial charge in [-0.05, 0) is 69.2 Å². The van der Waals surface area contributed by atoms with Crippen molar-refractivity contribution >= 4 is 28.9 Å². The predicted molar refractivity (Wildman–Crippen MR) is 133 cm³/mol. The number of aliphatic hydroxyl groups excluding tert-OH is 1. The first-order chi connectivity index (χ1) is 16.2. The number of anilines is 1. The number of carbonyl (C=O) groups excluding carboxylic acids is 1. The summed E-state index contributed by atoms with van der Waals surface area (Å²) in [6.45, 7) is 6.21. The lowest BCUT2D eigenvalue weighted by molar-refractivity contribution is -0.112. The van der Waals surface area contributed by atoms with Gasteiger partial charge in [-0.1, -0.05) is 17.7 Å². The number of aliphatic imine (C=N–C) groups is 1. The molecule has 34 heavy (non-hydrogen) atoms. The van der Waals surface area contributed by atoms with E-state index in [1.807, 2.05) is 10.6 Å². The third-order valence-corrected chi connectivity index (χ3v) is 5.90. The van der Waals surface area contributed by atoms with Crippen molar-refractivity contribution in [3.05, 3.63) is 82.7 Å². The number of rotatable bonds is 6. The van der Waals surface area contributed by atoms with Gasteiger partial charge in [0.1, 0.15) is 5.82 Å². The largest absolute Gasteiger partial charge is 0.396 e. The molecule has 0 radical (unpaired) electrons. The highest BCUT2D eigenvalue weighted by Crippen LogP contribution is 2.32. The number of nitrogens with zero attached hydrogens (tertiary/aromatic N) is 3.